The van der Waals surface area contributed by atoms with E-state index in [1.807, 2.05) is 24.3 Å². The van der Waals surface area contributed by atoms with E-state index in [2.05, 4.69) is 53.7 Å². The second-order valence-electron chi connectivity index (χ2n) is 8.28. The Morgan fingerprint density at radius 2 is 1.84 bits per heavy atom. The highest BCUT2D eigenvalue weighted by Crippen LogP contribution is 2.15. The standard InChI is InChI=1S/C27H33ClN2O2/c1-2-3-4-5-6-7-8-21-9-11-23(12-10-21)20-32-25-17-26(29-19-25)27(31)30-18-22-13-15-24(28)16-14-22/h9-16,25-26,29H,2-6,17-20H2,1H3,(H,30,31)/t25-,26+/m1/s1. The van der Waals surface area contributed by atoms with Crippen LogP contribution in [0.4, 0.5) is 0 Å². The van der Waals surface area contributed by atoms with Crippen molar-refractivity contribution in [1.29, 1.82) is 0 Å². The van der Waals surface area contributed by atoms with E-state index in [4.69, 9.17) is 16.3 Å². The molecule has 1 amide bonds. The van der Waals surface area contributed by atoms with Gasteiger partial charge in [-0.25, -0.2) is 0 Å². The van der Waals surface area contributed by atoms with Crippen LogP contribution in [-0.4, -0.2) is 24.6 Å². The second-order valence-corrected chi connectivity index (χ2v) is 8.72. The summed E-state index contributed by atoms with van der Waals surface area (Å²) in [6, 6.07) is 15.5. The van der Waals surface area contributed by atoms with Crippen molar-refractivity contribution < 1.29 is 9.53 Å². The number of carbonyl (C=O) groups is 1. The number of hydrogen-bond acceptors (Lipinski definition) is 3. The van der Waals surface area contributed by atoms with E-state index in [9.17, 15) is 4.79 Å². The van der Waals surface area contributed by atoms with Gasteiger partial charge in [0.25, 0.3) is 0 Å². The maximum absolute atomic E-state index is 12.4. The zero-order valence-corrected chi connectivity index (χ0v) is 19.6. The van der Waals surface area contributed by atoms with Crippen LogP contribution in [0, 0.1) is 11.8 Å². The highest BCUT2D eigenvalue weighted by atomic mass is 35.5. The third kappa shape index (κ3) is 8.31. The van der Waals surface area contributed by atoms with Crippen LogP contribution >= 0.6 is 11.6 Å². The van der Waals surface area contributed by atoms with Gasteiger partial charge in [0.15, 0.2) is 0 Å². The van der Waals surface area contributed by atoms with Crippen LogP contribution in [0.5, 0.6) is 0 Å². The van der Waals surface area contributed by atoms with Gasteiger partial charge < -0.3 is 15.4 Å². The first-order valence-electron chi connectivity index (χ1n) is 11.6. The van der Waals surface area contributed by atoms with E-state index < -0.39 is 0 Å². The molecular formula is C27H33ClN2O2. The molecule has 32 heavy (non-hydrogen) atoms. The molecule has 1 aliphatic heterocycles. The van der Waals surface area contributed by atoms with Crippen molar-refractivity contribution in [3.8, 4) is 11.8 Å². The molecule has 170 valence electrons. The average Bonchev–Trinajstić information content (AvgIpc) is 3.29. The van der Waals surface area contributed by atoms with Gasteiger partial charge >= 0.3 is 0 Å². The molecule has 1 saturated heterocycles. The van der Waals surface area contributed by atoms with Crippen LogP contribution in [-0.2, 0) is 22.7 Å². The molecule has 0 radical (unpaired) electrons. The van der Waals surface area contributed by atoms with Gasteiger partial charge in [0.2, 0.25) is 5.91 Å². The fraction of sp³-hybridized carbons (Fsp3) is 0.444. The third-order valence-electron chi connectivity index (χ3n) is 5.61. The Kier molecular flexibility index (Phi) is 10.1. The van der Waals surface area contributed by atoms with E-state index in [1.54, 1.807) is 0 Å². The minimum atomic E-state index is -0.220. The Balaban J connectivity index is 1.35. The predicted octanol–water partition coefficient (Wildman–Crippen LogP) is 5.23. The fourth-order valence-electron chi connectivity index (χ4n) is 3.65. The van der Waals surface area contributed by atoms with Gasteiger partial charge in [0.05, 0.1) is 18.8 Å². The Bertz CT molecular complexity index is 900. The summed E-state index contributed by atoms with van der Waals surface area (Å²) < 4.78 is 6.03. The van der Waals surface area contributed by atoms with Gasteiger partial charge in [0, 0.05) is 30.1 Å². The van der Waals surface area contributed by atoms with E-state index >= 15 is 0 Å². The lowest BCUT2D eigenvalue weighted by molar-refractivity contribution is -0.123. The maximum Gasteiger partial charge on any atom is 0.237 e. The molecule has 2 aromatic rings. The topological polar surface area (TPSA) is 50.4 Å². The van der Waals surface area contributed by atoms with Crippen LogP contribution in [0.3, 0.4) is 0 Å². The fourth-order valence-corrected chi connectivity index (χ4v) is 3.77. The number of carbonyl (C=O) groups excluding carboxylic acids is 1. The molecule has 4 nitrogen and oxygen atoms in total. The molecule has 0 aliphatic carbocycles. The summed E-state index contributed by atoms with van der Waals surface area (Å²) in [7, 11) is 0. The molecule has 3 rings (SSSR count). The number of rotatable bonds is 10. The van der Waals surface area contributed by atoms with Crippen molar-refractivity contribution in [3.05, 3.63) is 70.2 Å². The molecular weight excluding hydrogens is 420 g/mol. The molecule has 0 spiro atoms. The van der Waals surface area contributed by atoms with Crippen molar-refractivity contribution >= 4 is 17.5 Å². The van der Waals surface area contributed by atoms with Crippen molar-refractivity contribution in [3.63, 3.8) is 0 Å². The molecule has 0 saturated carbocycles. The summed E-state index contributed by atoms with van der Waals surface area (Å²) in [4.78, 5) is 12.4. The molecule has 5 heteroatoms. The molecule has 2 N–H and O–H groups in total. The highest BCUT2D eigenvalue weighted by Gasteiger charge is 2.29. The van der Waals surface area contributed by atoms with Gasteiger partial charge in [-0.3, -0.25) is 4.79 Å². The molecule has 0 unspecified atom stereocenters. The SMILES string of the molecule is CCCCCCC#Cc1ccc(CO[C@H]2CN[C@H](C(=O)NCc3ccc(Cl)cc3)C2)cc1. The second kappa shape index (κ2) is 13.3. The summed E-state index contributed by atoms with van der Waals surface area (Å²) in [5.41, 5.74) is 3.19. The third-order valence-corrected chi connectivity index (χ3v) is 5.87. The number of ether oxygens (including phenoxy) is 1. The number of unbranched alkanes of at least 4 members (excludes halogenated alkanes) is 4. The van der Waals surface area contributed by atoms with Crippen LogP contribution in [0.25, 0.3) is 0 Å². The molecule has 2 atom stereocenters. The minimum Gasteiger partial charge on any atom is -0.372 e. The summed E-state index contributed by atoms with van der Waals surface area (Å²) in [5, 5.41) is 6.93. The number of hydrogen-bond donors (Lipinski definition) is 2. The predicted molar refractivity (Wildman–Crippen MR) is 130 cm³/mol. The first-order chi connectivity index (χ1) is 15.6. The lowest BCUT2D eigenvalue weighted by atomic mass is 10.1. The van der Waals surface area contributed by atoms with E-state index in [0.29, 0.717) is 31.1 Å². The number of halogens is 1. The lowest BCUT2D eigenvalue weighted by Gasteiger charge is -2.12. The van der Waals surface area contributed by atoms with Crippen LogP contribution in [0.2, 0.25) is 5.02 Å². The molecule has 2 aromatic carbocycles. The van der Waals surface area contributed by atoms with Crippen molar-refractivity contribution in [2.24, 2.45) is 0 Å². The summed E-state index contributed by atoms with van der Waals surface area (Å²) >= 11 is 5.90. The number of benzene rings is 2. The largest absolute Gasteiger partial charge is 0.372 e. The first kappa shape index (κ1) is 24.3. The Hall–Kier alpha value is -2.32. The quantitative estimate of drug-likeness (QED) is 0.383. The smallest absolute Gasteiger partial charge is 0.237 e. The summed E-state index contributed by atoms with van der Waals surface area (Å²) in [6.07, 6.45) is 6.67. The van der Waals surface area contributed by atoms with Crippen molar-refractivity contribution in [2.45, 2.75) is 70.7 Å². The molecule has 1 heterocycles. The van der Waals surface area contributed by atoms with E-state index in [0.717, 1.165) is 23.1 Å². The van der Waals surface area contributed by atoms with Crippen LogP contribution in [0.15, 0.2) is 48.5 Å². The summed E-state index contributed by atoms with van der Waals surface area (Å²) in [5.74, 6) is 6.50. The van der Waals surface area contributed by atoms with E-state index in [1.165, 1.54) is 25.7 Å². The van der Waals surface area contributed by atoms with Gasteiger partial charge in [-0.1, -0.05) is 73.9 Å². The summed E-state index contributed by atoms with van der Waals surface area (Å²) in [6.45, 7) is 3.93. The molecule has 0 aromatic heterocycles. The normalized spacial score (nSPS) is 17.6. The Morgan fingerprint density at radius 3 is 2.59 bits per heavy atom. The molecule has 1 aliphatic rings. The van der Waals surface area contributed by atoms with Gasteiger partial charge in [0.1, 0.15) is 0 Å². The monoisotopic (exact) mass is 452 g/mol. The van der Waals surface area contributed by atoms with Crippen LogP contribution < -0.4 is 10.6 Å². The average molecular weight is 453 g/mol. The van der Waals surface area contributed by atoms with Gasteiger partial charge in [-0.15, -0.1) is 0 Å². The van der Waals surface area contributed by atoms with Crippen molar-refractivity contribution in [1.82, 2.24) is 10.6 Å². The molecule has 0 bridgehead atoms. The zero-order chi connectivity index (χ0) is 22.6. The van der Waals surface area contributed by atoms with Gasteiger partial charge in [-0.2, -0.15) is 0 Å². The zero-order valence-electron chi connectivity index (χ0n) is 18.8. The number of amides is 1. The minimum absolute atomic E-state index is 0.00340. The Labute approximate surface area is 197 Å². The van der Waals surface area contributed by atoms with Crippen LogP contribution in [0.1, 0.15) is 62.1 Å². The first-order valence-corrected chi connectivity index (χ1v) is 12.0. The highest BCUT2D eigenvalue weighted by molar-refractivity contribution is 6.30. The maximum atomic E-state index is 12.4. The van der Waals surface area contributed by atoms with E-state index in [-0.39, 0.29) is 18.1 Å². The van der Waals surface area contributed by atoms with Gasteiger partial charge in [-0.05, 0) is 48.2 Å². The Morgan fingerprint density at radius 1 is 1.09 bits per heavy atom. The number of nitrogens with one attached hydrogen (secondary N) is 2. The lowest BCUT2D eigenvalue weighted by Crippen LogP contribution is -2.39. The molecule has 1 fully saturated rings. The van der Waals surface area contributed by atoms with Crippen molar-refractivity contribution in [2.75, 3.05) is 6.54 Å².